The summed E-state index contributed by atoms with van der Waals surface area (Å²) < 4.78 is 7.00. The number of nitrogens with zero attached hydrogens (tertiary/aromatic N) is 3. The molecule has 2 aromatic heterocycles. The van der Waals surface area contributed by atoms with Gasteiger partial charge in [0.25, 0.3) is 0 Å². The molecule has 0 unspecified atom stereocenters. The molecule has 0 radical (unpaired) electrons. The second-order valence-corrected chi connectivity index (χ2v) is 7.84. The summed E-state index contributed by atoms with van der Waals surface area (Å²) >= 11 is 13.8. The Morgan fingerprint density at radius 2 is 2.04 bits per heavy atom. The fraction of sp³-hybridized carbons (Fsp3) is 0.375. The minimum atomic E-state index is -0.0764. The van der Waals surface area contributed by atoms with Crippen LogP contribution in [0.5, 0.6) is 5.88 Å². The number of benzene rings is 1. The molecular weight excluding hydrogens is 383 g/mol. The maximum absolute atomic E-state index is 10.8. The number of rotatable bonds is 3. The van der Waals surface area contributed by atoms with Crippen molar-refractivity contribution in [3.05, 3.63) is 44.5 Å². The summed E-state index contributed by atoms with van der Waals surface area (Å²) in [5, 5.41) is 16.1. The number of halogens is 2. The molecule has 3 aromatic rings. The average Bonchev–Trinajstić information content (AvgIpc) is 3.10. The van der Waals surface area contributed by atoms with Crippen molar-refractivity contribution < 1.29 is 14.7 Å². The van der Waals surface area contributed by atoms with E-state index in [2.05, 4.69) is 10.1 Å². The van der Waals surface area contributed by atoms with Gasteiger partial charge in [0, 0.05) is 5.56 Å². The van der Waals surface area contributed by atoms with Gasteiger partial charge in [-0.25, -0.2) is 4.98 Å². The lowest BCUT2D eigenvalue weighted by Gasteiger charge is -2.31. The van der Waals surface area contributed by atoms with E-state index in [0.717, 1.165) is 23.5 Å². The predicted octanol–water partition coefficient (Wildman–Crippen LogP) is 2.12. The van der Waals surface area contributed by atoms with E-state index >= 15 is 0 Å². The molecule has 1 fully saturated rings. The number of fused-ring (bicyclic) bond motifs is 1. The Bertz CT molecular complexity index is 920. The summed E-state index contributed by atoms with van der Waals surface area (Å²) in [7, 11) is 0. The lowest BCUT2D eigenvalue weighted by atomic mass is 10.0. The monoisotopic (exact) mass is 399 g/mol. The standard InChI is InChI=1S/C16H16Cl2N4O2S/c1-9-19-16-22(20-9)15(23)14(25-16)13(21-4-6-24-7-5-21)10-2-3-11(17)12(18)8-10/h2-3,8,13,23H,4-7H2,1H3/p+1/t13-/m1/s1. The molecule has 25 heavy (non-hydrogen) atoms. The molecule has 4 rings (SSSR count). The van der Waals surface area contributed by atoms with E-state index in [1.54, 1.807) is 6.07 Å². The predicted molar refractivity (Wildman–Crippen MR) is 97.1 cm³/mol. The maximum Gasteiger partial charge on any atom is 0.235 e. The Balaban J connectivity index is 1.84. The molecular formula is C16H17Cl2N4O2S+. The van der Waals surface area contributed by atoms with E-state index in [4.69, 9.17) is 27.9 Å². The molecule has 0 amide bonds. The van der Waals surface area contributed by atoms with Gasteiger partial charge in [-0.05, 0) is 19.1 Å². The number of hydrogen-bond acceptors (Lipinski definition) is 5. The average molecular weight is 400 g/mol. The minimum absolute atomic E-state index is 0.0764. The fourth-order valence-corrected chi connectivity index (χ4v) is 4.72. The summed E-state index contributed by atoms with van der Waals surface area (Å²) in [6.07, 6.45) is 0. The van der Waals surface area contributed by atoms with Gasteiger partial charge >= 0.3 is 0 Å². The van der Waals surface area contributed by atoms with Crippen molar-refractivity contribution >= 4 is 39.5 Å². The van der Waals surface area contributed by atoms with Crippen LogP contribution in [0.1, 0.15) is 22.3 Å². The lowest BCUT2D eigenvalue weighted by molar-refractivity contribution is -0.932. The van der Waals surface area contributed by atoms with Gasteiger partial charge in [-0.3, -0.25) is 0 Å². The largest absolute Gasteiger partial charge is 0.492 e. The molecule has 1 aliphatic heterocycles. The normalized spacial score (nSPS) is 17.2. The van der Waals surface area contributed by atoms with Gasteiger partial charge in [0.15, 0.2) is 6.04 Å². The van der Waals surface area contributed by atoms with Crippen molar-refractivity contribution in [2.75, 3.05) is 26.3 Å². The first-order valence-electron chi connectivity index (χ1n) is 7.97. The number of hydrogen-bond donors (Lipinski definition) is 2. The van der Waals surface area contributed by atoms with Crippen LogP contribution in [0.25, 0.3) is 4.96 Å². The van der Waals surface area contributed by atoms with Crippen LogP contribution in [0.4, 0.5) is 0 Å². The zero-order chi connectivity index (χ0) is 17.6. The second kappa shape index (κ2) is 6.74. The van der Waals surface area contributed by atoms with Gasteiger partial charge in [-0.2, -0.15) is 4.52 Å². The number of thiazole rings is 1. The Kier molecular flexibility index (Phi) is 4.59. The summed E-state index contributed by atoms with van der Waals surface area (Å²) in [5.74, 6) is 0.772. The van der Waals surface area contributed by atoms with E-state index in [0.29, 0.717) is 34.0 Å². The number of nitrogens with one attached hydrogen (secondary N) is 1. The van der Waals surface area contributed by atoms with Crippen molar-refractivity contribution in [2.24, 2.45) is 0 Å². The van der Waals surface area contributed by atoms with Gasteiger partial charge in [0.2, 0.25) is 10.8 Å². The SMILES string of the molecule is Cc1nc2sc([C@@H](c3ccc(Cl)c(Cl)c3)[NH+]3CCOCC3)c(O)n2n1. The number of aromatic hydroxyl groups is 1. The first-order chi connectivity index (χ1) is 12.0. The molecule has 6 nitrogen and oxygen atoms in total. The van der Waals surface area contributed by atoms with Crippen molar-refractivity contribution in [1.29, 1.82) is 0 Å². The molecule has 1 aromatic carbocycles. The van der Waals surface area contributed by atoms with E-state index in [9.17, 15) is 5.11 Å². The van der Waals surface area contributed by atoms with Crippen LogP contribution in [0.2, 0.25) is 10.0 Å². The minimum Gasteiger partial charge on any atom is -0.492 e. The van der Waals surface area contributed by atoms with Gasteiger partial charge in [-0.15, -0.1) is 5.10 Å². The van der Waals surface area contributed by atoms with Crippen molar-refractivity contribution in [3.63, 3.8) is 0 Å². The maximum atomic E-state index is 10.8. The molecule has 3 heterocycles. The van der Waals surface area contributed by atoms with E-state index < -0.39 is 0 Å². The summed E-state index contributed by atoms with van der Waals surface area (Å²) in [6.45, 7) is 4.87. The van der Waals surface area contributed by atoms with E-state index in [1.165, 1.54) is 20.8 Å². The molecule has 0 spiro atoms. The summed E-state index contributed by atoms with van der Waals surface area (Å²) in [4.78, 5) is 7.19. The van der Waals surface area contributed by atoms with E-state index in [-0.39, 0.29) is 11.9 Å². The van der Waals surface area contributed by atoms with Crippen molar-refractivity contribution in [1.82, 2.24) is 14.6 Å². The van der Waals surface area contributed by atoms with Crippen LogP contribution in [-0.2, 0) is 4.74 Å². The van der Waals surface area contributed by atoms with Crippen LogP contribution in [0.15, 0.2) is 18.2 Å². The van der Waals surface area contributed by atoms with Gasteiger partial charge in [0.1, 0.15) is 23.8 Å². The Hall–Kier alpha value is -1.38. The molecule has 0 bridgehead atoms. The first kappa shape index (κ1) is 17.1. The molecule has 1 saturated heterocycles. The molecule has 9 heteroatoms. The zero-order valence-corrected chi connectivity index (χ0v) is 15.8. The number of quaternary nitrogens is 1. The Morgan fingerprint density at radius 1 is 1.28 bits per heavy atom. The molecule has 0 aliphatic carbocycles. The van der Waals surface area contributed by atoms with Crippen LogP contribution in [-0.4, -0.2) is 46.0 Å². The number of ether oxygens (including phenoxy) is 1. The highest BCUT2D eigenvalue weighted by Gasteiger charge is 2.34. The second-order valence-electron chi connectivity index (χ2n) is 6.02. The third-order valence-corrected chi connectivity index (χ3v) is 6.21. The van der Waals surface area contributed by atoms with Crippen molar-refractivity contribution in [2.45, 2.75) is 13.0 Å². The quantitative estimate of drug-likeness (QED) is 0.707. The van der Waals surface area contributed by atoms with Gasteiger partial charge in [-0.1, -0.05) is 40.6 Å². The molecule has 0 saturated carbocycles. The van der Waals surface area contributed by atoms with E-state index in [1.807, 2.05) is 19.1 Å². The fourth-order valence-electron chi connectivity index (χ4n) is 3.22. The highest BCUT2D eigenvalue weighted by molar-refractivity contribution is 7.17. The smallest absolute Gasteiger partial charge is 0.235 e. The molecule has 1 atom stereocenters. The Morgan fingerprint density at radius 3 is 2.72 bits per heavy atom. The lowest BCUT2D eigenvalue weighted by Crippen LogP contribution is -3.14. The molecule has 1 aliphatic rings. The molecule has 132 valence electrons. The third kappa shape index (κ3) is 3.11. The summed E-state index contributed by atoms with van der Waals surface area (Å²) in [5.41, 5.74) is 1.00. The molecule has 2 N–H and O–H groups in total. The zero-order valence-electron chi connectivity index (χ0n) is 13.5. The highest BCUT2D eigenvalue weighted by atomic mass is 35.5. The Labute approximate surface area is 158 Å². The number of aromatic nitrogens is 3. The van der Waals surface area contributed by atoms with Gasteiger partial charge < -0.3 is 14.7 Å². The van der Waals surface area contributed by atoms with Crippen molar-refractivity contribution in [3.8, 4) is 5.88 Å². The van der Waals surface area contributed by atoms with Crippen LogP contribution >= 0.6 is 34.5 Å². The third-order valence-electron chi connectivity index (χ3n) is 4.39. The van der Waals surface area contributed by atoms with Gasteiger partial charge in [0.05, 0.1) is 23.3 Å². The summed E-state index contributed by atoms with van der Waals surface area (Å²) in [6, 6.07) is 5.55. The van der Waals surface area contributed by atoms with Crippen LogP contribution in [0.3, 0.4) is 0 Å². The number of aryl methyl sites for hydroxylation is 1. The topological polar surface area (TPSA) is 64.1 Å². The number of morpholine rings is 1. The first-order valence-corrected chi connectivity index (χ1v) is 9.54. The highest BCUT2D eigenvalue weighted by Crippen LogP contribution is 2.36. The van der Waals surface area contributed by atoms with Crippen LogP contribution < -0.4 is 4.90 Å². The van der Waals surface area contributed by atoms with Crippen LogP contribution in [0, 0.1) is 6.92 Å².